The van der Waals surface area contributed by atoms with E-state index in [-0.39, 0.29) is 0 Å². The molecule has 1 fully saturated rings. The quantitative estimate of drug-likeness (QED) is 0.626. The van der Waals surface area contributed by atoms with E-state index in [1.807, 2.05) is 0 Å². The minimum absolute atomic E-state index is 0.435. The van der Waals surface area contributed by atoms with Crippen molar-refractivity contribution in [3.8, 4) is 0 Å². The molecule has 1 aliphatic rings. The van der Waals surface area contributed by atoms with E-state index in [2.05, 4.69) is 40.9 Å². The predicted octanol–water partition coefficient (Wildman–Crippen LogP) is 2.68. The largest absolute Gasteiger partial charge is 0.378 e. The van der Waals surface area contributed by atoms with Crippen molar-refractivity contribution in [2.24, 2.45) is 4.99 Å². The van der Waals surface area contributed by atoms with E-state index in [0.717, 1.165) is 38.6 Å². The number of ether oxygens (including phenoxy) is 1. The van der Waals surface area contributed by atoms with Crippen LogP contribution in [0.3, 0.4) is 0 Å². The lowest BCUT2D eigenvalue weighted by Gasteiger charge is -2.13. The molecule has 1 aromatic heterocycles. The summed E-state index contributed by atoms with van der Waals surface area (Å²) in [5, 5.41) is 8.81. The average Bonchev–Trinajstić information content (AvgIpc) is 3.08. The van der Waals surface area contributed by atoms with Gasteiger partial charge in [0.1, 0.15) is 0 Å². The number of aryl methyl sites for hydroxylation is 1. The molecule has 0 radical (unpaired) electrons. The zero-order chi connectivity index (χ0) is 14.2. The Hall–Kier alpha value is -1.07. The van der Waals surface area contributed by atoms with Crippen LogP contribution in [0.1, 0.15) is 36.6 Å². The lowest BCUT2D eigenvalue weighted by atomic mass is 10.2. The summed E-state index contributed by atoms with van der Waals surface area (Å²) in [5.74, 6) is 0.901. The molecular formula is C15H25N3OS. The third-order valence-corrected chi connectivity index (χ3v) is 4.48. The fourth-order valence-electron chi connectivity index (χ4n) is 2.28. The molecule has 2 N–H and O–H groups in total. The van der Waals surface area contributed by atoms with Gasteiger partial charge in [-0.3, -0.25) is 0 Å². The highest BCUT2D eigenvalue weighted by Crippen LogP contribution is 2.16. The molecule has 1 aromatic rings. The van der Waals surface area contributed by atoms with Crippen molar-refractivity contribution in [2.75, 3.05) is 19.7 Å². The molecule has 0 aromatic carbocycles. The van der Waals surface area contributed by atoms with Gasteiger partial charge in [0.25, 0.3) is 0 Å². The monoisotopic (exact) mass is 295 g/mol. The minimum Gasteiger partial charge on any atom is -0.378 e. The van der Waals surface area contributed by atoms with E-state index in [4.69, 9.17) is 4.74 Å². The first-order valence-corrected chi connectivity index (χ1v) is 8.34. The minimum atomic E-state index is 0.435. The second-order valence-corrected chi connectivity index (χ2v) is 6.07. The van der Waals surface area contributed by atoms with Crippen LogP contribution >= 0.6 is 11.3 Å². The maximum atomic E-state index is 5.63. The molecule has 1 unspecified atom stereocenters. The van der Waals surface area contributed by atoms with Gasteiger partial charge in [0, 0.05) is 24.6 Å². The first-order valence-electron chi connectivity index (χ1n) is 7.46. The first-order chi connectivity index (χ1) is 9.79. The highest BCUT2D eigenvalue weighted by atomic mass is 32.1. The smallest absolute Gasteiger partial charge is 0.191 e. The van der Waals surface area contributed by atoms with Crippen LogP contribution in [0.15, 0.2) is 16.4 Å². The molecule has 112 valence electrons. The van der Waals surface area contributed by atoms with Crippen LogP contribution in [0.2, 0.25) is 0 Å². The first kappa shape index (κ1) is 15.3. The van der Waals surface area contributed by atoms with E-state index < -0.39 is 0 Å². The standard InChI is InChI=1S/C15H25N3OS/c1-3-16-15(17-8-6-13-5-4-9-19-13)18-11-14-12(2)7-10-20-14/h7,10,13H,3-6,8-9,11H2,1-2H3,(H2,16,17,18). The Kier molecular flexibility index (Phi) is 6.33. The molecule has 2 heterocycles. The number of nitrogens with one attached hydrogen (secondary N) is 2. The maximum absolute atomic E-state index is 5.63. The zero-order valence-electron chi connectivity index (χ0n) is 12.4. The summed E-state index contributed by atoms with van der Waals surface area (Å²) < 4.78 is 5.63. The topological polar surface area (TPSA) is 45.7 Å². The van der Waals surface area contributed by atoms with E-state index in [9.17, 15) is 0 Å². The van der Waals surface area contributed by atoms with Crippen molar-refractivity contribution in [1.82, 2.24) is 10.6 Å². The van der Waals surface area contributed by atoms with Crippen LogP contribution in [0.5, 0.6) is 0 Å². The number of thiophene rings is 1. The molecular weight excluding hydrogens is 270 g/mol. The molecule has 1 saturated heterocycles. The highest BCUT2D eigenvalue weighted by Gasteiger charge is 2.14. The normalized spacial score (nSPS) is 19.3. The van der Waals surface area contributed by atoms with Gasteiger partial charge in [0.05, 0.1) is 12.6 Å². The Balaban J connectivity index is 1.78. The van der Waals surface area contributed by atoms with Gasteiger partial charge in [0.15, 0.2) is 5.96 Å². The Morgan fingerprint density at radius 1 is 1.50 bits per heavy atom. The second kappa shape index (κ2) is 8.27. The van der Waals surface area contributed by atoms with Gasteiger partial charge in [-0.15, -0.1) is 11.3 Å². The van der Waals surface area contributed by atoms with Gasteiger partial charge < -0.3 is 15.4 Å². The fourth-order valence-corrected chi connectivity index (χ4v) is 3.11. The van der Waals surface area contributed by atoms with E-state index in [1.165, 1.54) is 23.3 Å². The molecule has 20 heavy (non-hydrogen) atoms. The van der Waals surface area contributed by atoms with Crippen molar-refractivity contribution in [2.45, 2.75) is 45.8 Å². The Labute approximate surface area is 125 Å². The number of guanidine groups is 1. The molecule has 1 atom stereocenters. The van der Waals surface area contributed by atoms with Crippen molar-refractivity contribution in [3.63, 3.8) is 0 Å². The summed E-state index contributed by atoms with van der Waals surface area (Å²) in [6.45, 7) is 7.71. The third-order valence-electron chi connectivity index (χ3n) is 3.48. The molecule has 0 aliphatic carbocycles. The molecule has 0 saturated carbocycles. The van der Waals surface area contributed by atoms with E-state index in [0.29, 0.717) is 6.10 Å². The van der Waals surface area contributed by atoms with Crippen LogP contribution in [-0.4, -0.2) is 31.8 Å². The van der Waals surface area contributed by atoms with Crippen molar-refractivity contribution in [3.05, 3.63) is 21.9 Å². The number of hydrogen-bond acceptors (Lipinski definition) is 3. The number of aliphatic imine (C=N–C) groups is 1. The third kappa shape index (κ3) is 4.80. The summed E-state index contributed by atoms with van der Waals surface area (Å²) in [6.07, 6.45) is 3.90. The summed E-state index contributed by atoms with van der Waals surface area (Å²) >= 11 is 1.77. The van der Waals surface area contributed by atoms with Crippen molar-refractivity contribution < 1.29 is 4.74 Å². The summed E-state index contributed by atoms with van der Waals surface area (Å²) in [6, 6.07) is 2.15. The van der Waals surface area contributed by atoms with E-state index in [1.54, 1.807) is 11.3 Å². The summed E-state index contributed by atoms with van der Waals surface area (Å²) in [5.41, 5.74) is 1.33. The Bertz CT molecular complexity index is 425. The van der Waals surface area contributed by atoms with Gasteiger partial charge in [-0.05, 0) is 50.1 Å². The lowest BCUT2D eigenvalue weighted by Crippen LogP contribution is -2.38. The van der Waals surface area contributed by atoms with Crippen LogP contribution in [0.4, 0.5) is 0 Å². The molecule has 1 aliphatic heterocycles. The van der Waals surface area contributed by atoms with Gasteiger partial charge >= 0.3 is 0 Å². The Morgan fingerprint density at radius 2 is 2.40 bits per heavy atom. The van der Waals surface area contributed by atoms with Crippen LogP contribution in [0.25, 0.3) is 0 Å². The number of nitrogens with zero attached hydrogens (tertiary/aromatic N) is 1. The highest BCUT2D eigenvalue weighted by molar-refractivity contribution is 7.10. The maximum Gasteiger partial charge on any atom is 0.191 e. The zero-order valence-corrected chi connectivity index (χ0v) is 13.3. The van der Waals surface area contributed by atoms with Crippen molar-refractivity contribution >= 4 is 17.3 Å². The van der Waals surface area contributed by atoms with Gasteiger partial charge in [-0.1, -0.05) is 0 Å². The van der Waals surface area contributed by atoms with Gasteiger partial charge in [-0.2, -0.15) is 0 Å². The predicted molar refractivity (Wildman–Crippen MR) is 85.5 cm³/mol. The molecule has 0 amide bonds. The lowest BCUT2D eigenvalue weighted by molar-refractivity contribution is 0.105. The van der Waals surface area contributed by atoms with E-state index >= 15 is 0 Å². The number of rotatable bonds is 6. The molecule has 0 spiro atoms. The van der Waals surface area contributed by atoms with Gasteiger partial charge in [-0.25, -0.2) is 4.99 Å². The Morgan fingerprint density at radius 3 is 3.05 bits per heavy atom. The van der Waals surface area contributed by atoms with Crippen LogP contribution in [-0.2, 0) is 11.3 Å². The molecule has 0 bridgehead atoms. The van der Waals surface area contributed by atoms with Crippen LogP contribution < -0.4 is 10.6 Å². The second-order valence-electron chi connectivity index (χ2n) is 5.07. The SMILES string of the molecule is CCNC(=NCc1sccc1C)NCCC1CCCO1. The summed E-state index contributed by atoms with van der Waals surface area (Å²) in [7, 11) is 0. The van der Waals surface area contributed by atoms with Gasteiger partial charge in [0.2, 0.25) is 0 Å². The average molecular weight is 295 g/mol. The molecule has 4 nitrogen and oxygen atoms in total. The summed E-state index contributed by atoms with van der Waals surface area (Å²) in [4.78, 5) is 5.98. The molecule has 2 rings (SSSR count). The fraction of sp³-hybridized carbons (Fsp3) is 0.667. The number of hydrogen-bond donors (Lipinski definition) is 2. The van der Waals surface area contributed by atoms with Crippen molar-refractivity contribution in [1.29, 1.82) is 0 Å². The molecule has 5 heteroatoms. The van der Waals surface area contributed by atoms with Crippen LogP contribution in [0, 0.1) is 6.92 Å².